The molecule has 3 aliphatic rings. The number of aryl methyl sites for hydroxylation is 1. The predicted octanol–water partition coefficient (Wildman–Crippen LogP) is 2.16. The maximum absolute atomic E-state index is 14.6. The highest BCUT2D eigenvalue weighted by atomic mass is 19.1. The molecule has 0 unspecified atom stereocenters. The van der Waals surface area contributed by atoms with Crippen LogP contribution in [0.15, 0.2) is 24.5 Å². The highest BCUT2D eigenvalue weighted by Gasteiger charge is 2.56. The van der Waals surface area contributed by atoms with Gasteiger partial charge in [0, 0.05) is 43.2 Å². The molecule has 11 heteroatoms. The average Bonchev–Trinajstić information content (AvgIpc) is 3.43. The SMILES string of the molecule is CNc1cc(F)cc2c1Cc1nc(Oc3cnc(C)nc3)nc(N3C[C@@H](NC(=O)CN)C4(CC4)C3)c1-2. The zero-order valence-electron chi connectivity index (χ0n) is 20.1. The summed E-state index contributed by atoms with van der Waals surface area (Å²) in [6.07, 6.45) is 5.71. The Morgan fingerprint density at radius 3 is 2.75 bits per heavy atom. The van der Waals surface area contributed by atoms with Crippen LogP contribution in [0, 0.1) is 18.2 Å². The Balaban J connectivity index is 1.44. The van der Waals surface area contributed by atoms with Gasteiger partial charge in [-0.25, -0.2) is 14.4 Å². The molecular formula is C25H27FN8O2. The third-order valence-electron chi connectivity index (χ3n) is 7.37. The van der Waals surface area contributed by atoms with Crippen LogP contribution in [0.3, 0.4) is 0 Å². The fourth-order valence-electron chi connectivity index (χ4n) is 5.38. The van der Waals surface area contributed by atoms with Crippen LogP contribution >= 0.6 is 0 Å². The van der Waals surface area contributed by atoms with Crippen LogP contribution in [0.1, 0.15) is 29.9 Å². The van der Waals surface area contributed by atoms with Gasteiger partial charge in [-0.05, 0) is 43.0 Å². The molecule has 186 valence electrons. The number of aromatic nitrogens is 4. The number of nitrogens with one attached hydrogen (secondary N) is 2. The number of hydrogen-bond donors (Lipinski definition) is 3. The standard InChI is InChI=1S/C25H27FN8O2/c1-13-29-9-15(10-30-13)36-24-31-19-7-16-17(5-14(26)6-18(16)28-2)22(19)23(33-24)34-11-20(32-21(35)8-27)25(12-34)3-4-25/h5-6,9-10,20,28H,3-4,7-8,11-12,27H2,1-2H3,(H,32,35)/t20-/m1/s1. The number of halogens is 1. The lowest BCUT2D eigenvalue weighted by Gasteiger charge is -2.22. The van der Waals surface area contributed by atoms with Crippen LogP contribution in [0.5, 0.6) is 11.8 Å². The molecule has 10 nitrogen and oxygen atoms in total. The molecule has 2 aliphatic carbocycles. The lowest BCUT2D eigenvalue weighted by Crippen LogP contribution is -2.44. The van der Waals surface area contributed by atoms with Gasteiger partial charge in [-0.3, -0.25) is 4.79 Å². The first-order valence-corrected chi connectivity index (χ1v) is 12.0. The molecule has 1 saturated carbocycles. The smallest absolute Gasteiger partial charge is 0.324 e. The van der Waals surface area contributed by atoms with Crippen molar-refractivity contribution in [2.75, 3.05) is 36.9 Å². The molecule has 36 heavy (non-hydrogen) atoms. The van der Waals surface area contributed by atoms with Gasteiger partial charge in [0.25, 0.3) is 0 Å². The first kappa shape index (κ1) is 22.6. The summed E-state index contributed by atoms with van der Waals surface area (Å²) in [4.78, 5) is 32.1. The van der Waals surface area contributed by atoms with Crippen LogP contribution in [0.2, 0.25) is 0 Å². The third-order valence-corrected chi connectivity index (χ3v) is 7.37. The molecule has 1 aliphatic heterocycles. The summed E-state index contributed by atoms with van der Waals surface area (Å²) in [5, 5.41) is 6.19. The van der Waals surface area contributed by atoms with Gasteiger partial charge in [0.2, 0.25) is 5.91 Å². The molecular weight excluding hydrogens is 463 g/mol. The van der Waals surface area contributed by atoms with Crippen molar-refractivity contribution in [3.05, 3.63) is 47.4 Å². The molecule has 3 heterocycles. The number of nitrogens with zero attached hydrogens (tertiary/aromatic N) is 5. The van der Waals surface area contributed by atoms with Crippen LogP contribution in [0.4, 0.5) is 15.9 Å². The van der Waals surface area contributed by atoms with Gasteiger partial charge in [-0.2, -0.15) is 9.97 Å². The molecule has 0 bridgehead atoms. The number of anilines is 2. The molecule has 6 rings (SSSR count). The molecule has 1 atom stereocenters. The summed E-state index contributed by atoms with van der Waals surface area (Å²) in [7, 11) is 1.78. The Morgan fingerprint density at radius 2 is 2.06 bits per heavy atom. The van der Waals surface area contributed by atoms with Crippen molar-refractivity contribution in [2.24, 2.45) is 11.1 Å². The van der Waals surface area contributed by atoms with E-state index in [1.807, 2.05) is 0 Å². The highest BCUT2D eigenvalue weighted by Crippen LogP contribution is 2.55. The number of amides is 1. The highest BCUT2D eigenvalue weighted by molar-refractivity contribution is 5.88. The minimum atomic E-state index is -0.331. The van der Waals surface area contributed by atoms with Crippen LogP contribution in [-0.4, -0.2) is 58.6 Å². The maximum Gasteiger partial charge on any atom is 0.324 e. The van der Waals surface area contributed by atoms with E-state index in [1.54, 1.807) is 32.4 Å². The van der Waals surface area contributed by atoms with Gasteiger partial charge in [-0.15, -0.1) is 0 Å². The fourth-order valence-corrected chi connectivity index (χ4v) is 5.38. The van der Waals surface area contributed by atoms with Crippen molar-refractivity contribution in [3.63, 3.8) is 0 Å². The van der Waals surface area contributed by atoms with E-state index in [1.165, 1.54) is 6.07 Å². The molecule has 1 aromatic carbocycles. The van der Waals surface area contributed by atoms with Crippen molar-refractivity contribution in [3.8, 4) is 22.9 Å². The fraction of sp³-hybridized carbons (Fsp3) is 0.400. The lowest BCUT2D eigenvalue weighted by atomic mass is 10.0. The topological polar surface area (TPSA) is 131 Å². The number of carbonyl (C=O) groups excluding carboxylic acids is 1. The van der Waals surface area contributed by atoms with Gasteiger partial charge in [0.15, 0.2) is 5.75 Å². The Kier molecular flexibility index (Phi) is 5.25. The second kappa shape index (κ2) is 8.37. The molecule has 2 fully saturated rings. The van der Waals surface area contributed by atoms with Gasteiger partial charge in [-0.1, -0.05) is 0 Å². The number of rotatable bonds is 6. The zero-order chi connectivity index (χ0) is 25.0. The lowest BCUT2D eigenvalue weighted by molar-refractivity contribution is -0.120. The maximum atomic E-state index is 14.6. The van der Waals surface area contributed by atoms with E-state index < -0.39 is 0 Å². The summed E-state index contributed by atoms with van der Waals surface area (Å²) in [6, 6.07) is 3.18. The number of ether oxygens (including phenoxy) is 1. The van der Waals surface area contributed by atoms with E-state index in [4.69, 9.17) is 20.4 Å². The largest absolute Gasteiger partial charge is 0.421 e. The van der Waals surface area contributed by atoms with Gasteiger partial charge in [0.1, 0.15) is 17.5 Å². The van der Waals surface area contributed by atoms with Gasteiger partial charge in [0.05, 0.1) is 30.7 Å². The normalized spacial score (nSPS) is 18.7. The van der Waals surface area contributed by atoms with Gasteiger partial charge < -0.3 is 26.0 Å². The zero-order valence-corrected chi connectivity index (χ0v) is 20.1. The first-order chi connectivity index (χ1) is 17.4. The molecule has 0 radical (unpaired) electrons. The molecule has 3 aromatic rings. The van der Waals surface area contributed by atoms with Gasteiger partial charge >= 0.3 is 6.01 Å². The Hall–Kier alpha value is -3.86. The average molecular weight is 491 g/mol. The number of fused-ring (bicyclic) bond motifs is 3. The second-order valence-electron chi connectivity index (χ2n) is 9.69. The predicted molar refractivity (Wildman–Crippen MR) is 131 cm³/mol. The Morgan fingerprint density at radius 1 is 1.28 bits per heavy atom. The summed E-state index contributed by atoms with van der Waals surface area (Å²) in [5.41, 5.74) is 9.58. The van der Waals surface area contributed by atoms with Crippen molar-refractivity contribution in [1.29, 1.82) is 0 Å². The van der Waals surface area contributed by atoms with E-state index in [2.05, 4.69) is 25.5 Å². The van der Waals surface area contributed by atoms with Crippen molar-refractivity contribution >= 4 is 17.4 Å². The molecule has 1 spiro atoms. The molecule has 4 N–H and O–H groups in total. The van der Waals surface area contributed by atoms with Crippen LogP contribution < -0.4 is 26.0 Å². The molecule has 2 aromatic heterocycles. The van der Waals surface area contributed by atoms with E-state index in [0.717, 1.165) is 47.5 Å². The monoisotopic (exact) mass is 490 g/mol. The number of nitrogens with two attached hydrogens (primary N) is 1. The van der Waals surface area contributed by atoms with Crippen molar-refractivity contribution in [1.82, 2.24) is 25.3 Å². The third kappa shape index (κ3) is 3.79. The number of carbonyl (C=O) groups is 1. The number of hydrogen-bond acceptors (Lipinski definition) is 9. The van der Waals surface area contributed by atoms with Crippen molar-refractivity contribution < 1.29 is 13.9 Å². The van der Waals surface area contributed by atoms with Crippen molar-refractivity contribution in [2.45, 2.75) is 32.2 Å². The number of benzene rings is 1. The summed E-state index contributed by atoms with van der Waals surface area (Å²) < 4.78 is 20.6. The first-order valence-electron chi connectivity index (χ1n) is 12.0. The van der Waals surface area contributed by atoms with Crippen LogP contribution in [0.25, 0.3) is 11.1 Å². The van der Waals surface area contributed by atoms with Crippen LogP contribution in [-0.2, 0) is 11.2 Å². The Labute approximate surface area is 207 Å². The second-order valence-corrected chi connectivity index (χ2v) is 9.69. The van der Waals surface area contributed by atoms with E-state index in [9.17, 15) is 9.18 Å². The minimum absolute atomic E-state index is 0.00596. The van der Waals surface area contributed by atoms with E-state index >= 15 is 0 Å². The summed E-state index contributed by atoms with van der Waals surface area (Å²) in [5.74, 6) is 1.23. The van der Waals surface area contributed by atoms with E-state index in [0.29, 0.717) is 30.4 Å². The quantitative estimate of drug-likeness (QED) is 0.372. The summed E-state index contributed by atoms with van der Waals surface area (Å²) >= 11 is 0. The van der Waals surface area contributed by atoms with E-state index in [-0.39, 0.29) is 35.7 Å². The molecule has 1 saturated heterocycles. The Bertz CT molecular complexity index is 1360. The molecule has 1 amide bonds. The minimum Gasteiger partial charge on any atom is -0.421 e. The summed E-state index contributed by atoms with van der Waals surface area (Å²) in [6.45, 7) is 3.05.